The number of aromatic nitrogens is 1. The van der Waals surface area contributed by atoms with Crippen molar-refractivity contribution in [3.8, 4) is 0 Å². The molecule has 0 aliphatic carbocycles. The Morgan fingerprint density at radius 1 is 1.44 bits per heavy atom. The van der Waals surface area contributed by atoms with Gasteiger partial charge in [-0.15, -0.1) is 0 Å². The van der Waals surface area contributed by atoms with E-state index in [2.05, 4.69) is 31.4 Å². The quantitative estimate of drug-likeness (QED) is 0.174. The normalized spacial score (nSPS) is 13.0. The van der Waals surface area contributed by atoms with E-state index in [9.17, 15) is 4.79 Å². The van der Waals surface area contributed by atoms with Crippen molar-refractivity contribution >= 4 is 43.0 Å². The number of aliphatic imine (C=N–C) groups is 1. The van der Waals surface area contributed by atoms with Gasteiger partial charge in [0.25, 0.3) is 0 Å². The minimum atomic E-state index is -1.13. The molecule has 1 aromatic rings. The van der Waals surface area contributed by atoms with Gasteiger partial charge in [0, 0.05) is 51.3 Å². The molecule has 0 aliphatic rings. The molecule has 0 bridgehead atoms. The number of hydroxylamine groups is 2. The van der Waals surface area contributed by atoms with E-state index in [-0.39, 0.29) is 5.78 Å². The first-order valence-electron chi connectivity index (χ1n) is 8.70. The van der Waals surface area contributed by atoms with Crippen LogP contribution in [0.3, 0.4) is 0 Å². The first-order chi connectivity index (χ1) is 12.6. The van der Waals surface area contributed by atoms with Crippen molar-refractivity contribution < 1.29 is 14.4 Å². The summed E-state index contributed by atoms with van der Waals surface area (Å²) in [4.78, 5) is 21.3. The third-order valence-corrected chi connectivity index (χ3v) is 6.16. The monoisotopic (exact) mass is 411 g/mol. The molecule has 0 N–H and O–H groups in total. The fourth-order valence-electron chi connectivity index (χ4n) is 2.13. The van der Waals surface area contributed by atoms with Crippen molar-refractivity contribution in [2.24, 2.45) is 4.99 Å². The zero-order valence-electron chi connectivity index (χ0n) is 17.1. The predicted octanol–water partition coefficient (Wildman–Crippen LogP) is 4.68. The summed E-state index contributed by atoms with van der Waals surface area (Å²) < 4.78 is 7.60. The second kappa shape index (κ2) is 10.6. The third-order valence-electron chi connectivity index (χ3n) is 3.97. The molecule has 6 nitrogen and oxygen atoms in total. The van der Waals surface area contributed by atoms with Crippen molar-refractivity contribution in [3.63, 3.8) is 0 Å². The van der Waals surface area contributed by atoms with E-state index in [1.165, 1.54) is 24.4 Å². The maximum absolute atomic E-state index is 12.3. The minimum Gasteiger partial charge on any atom is -0.361 e. The molecular weight excluding hydrogens is 382 g/mol. The third kappa shape index (κ3) is 7.46. The fraction of sp³-hybridized carbons (Fsp3) is 0.474. The van der Waals surface area contributed by atoms with Crippen molar-refractivity contribution in [2.75, 3.05) is 20.8 Å². The standard InChI is InChI=1S/C19H30ClN3O3Si/c1-15(17(24)9-10-22(3)25-4)18(20)16-8-11-23(19(16)21-2)14-26-12-13-27(5,6)7/h8-11H,2,12-14H2,1,3-7H3/b10-9+,18-15-. The van der Waals surface area contributed by atoms with Gasteiger partial charge in [-0.05, 0) is 25.8 Å². The minimum absolute atomic E-state index is 0.210. The Hall–Kier alpha value is -1.67. The van der Waals surface area contributed by atoms with E-state index in [0.717, 1.165) is 6.04 Å². The molecule has 0 saturated heterocycles. The Morgan fingerprint density at radius 2 is 2.11 bits per heavy atom. The number of halogens is 1. The predicted molar refractivity (Wildman–Crippen MR) is 115 cm³/mol. The van der Waals surface area contributed by atoms with Crippen LogP contribution >= 0.6 is 11.6 Å². The molecular formula is C19H30ClN3O3Si. The first-order valence-corrected chi connectivity index (χ1v) is 12.8. The van der Waals surface area contributed by atoms with Crippen LogP contribution in [-0.2, 0) is 21.1 Å². The molecule has 1 rings (SSSR count). The van der Waals surface area contributed by atoms with Crippen molar-refractivity contribution in [1.29, 1.82) is 0 Å². The molecule has 0 amide bonds. The Morgan fingerprint density at radius 3 is 2.67 bits per heavy atom. The average Bonchev–Trinajstić information content (AvgIpc) is 3.03. The van der Waals surface area contributed by atoms with Gasteiger partial charge in [-0.2, -0.15) is 0 Å². The highest BCUT2D eigenvalue weighted by atomic mass is 35.5. The van der Waals surface area contributed by atoms with Crippen LogP contribution in [0.5, 0.6) is 0 Å². The summed E-state index contributed by atoms with van der Waals surface area (Å²) in [5, 5.41) is 1.76. The number of carbonyl (C=O) groups excluding carboxylic acids is 1. The zero-order chi connectivity index (χ0) is 20.6. The van der Waals surface area contributed by atoms with Crippen LogP contribution in [0.25, 0.3) is 5.03 Å². The fourth-order valence-corrected chi connectivity index (χ4v) is 3.12. The highest BCUT2D eigenvalue weighted by molar-refractivity contribution is 6.76. The summed E-state index contributed by atoms with van der Waals surface area (Å²) >= 11 is 6.46. The maximum atomic E-state index is 12.3. The van der Waals surface area contributed by atoms with Gasteiger partial charge >= 0.3 is 0 Å². The summed E-state index contributed by atoms with van der Waals surface area (Å²) in [5.74, 6) is 0.371. The Kier molecular flexibility index (Phi) is 9.18. The summed E-state index contributed by atoms with van der Waals surface area (Å²) in [6.45, 7) is 13.3. The van der Waals surface area contributed by atoms with Crippen LogP contribution in [0.4, 0.5) is 5.82 Å². The van der Waals surface area contributed by atoms with Gasteiger partial charge in [-0.3, -0.25) is 14.7 Å². The summed E-state index contributed by atoms with van der Waals surface area (Å²) in [7, 11) is 2.07. The number of ketones is 1. The zero-order valence-corrected chi connectivity index (χ0v) is 18.8. The van der Waals surface area contributed by atoms with Gasteiger partial charge in [-0.1, -0.05) is 31.2 Å². The van der Waals surface area contributed by atoms with Crippen LogP contribution in [0.15, 0.2) is 35.1 Å². The molecule has 0 spiro atoms. The molecule has 0 aliphatic heterocycles. The van der Waals surface area contributed by atoms with E-state index in [0.29, 0.717) is 35.3 Å². The van der Waals surface area contributed by atoms with Gasteiger partial charge in [-0.25, -0.2) is 4.99 Å². The Balaban J connectivity index is 2.93. The summed E-state index contributed by atoms with van der Waals surface area (Å²) in [6.07, 6.45) is 4.77. The van der Waals surface area contributed by atoms with Crippen molar-refractivity contribution in [2.45, 2.75) is 39.3 Å². The molecule has 8 heteroatoms. The smallest absolute Gasteiger partial charge is 0.184 e. The lowest BCUT2D eigenvalue weighted by atomic mass is 10.1. The van der Waals surface area contributed by atoms with E-state index in [1.807, 2.05) is 16.8 Å². The molecule has 0 fully saturated rings. The van der Waals surface area contributed by atoms with E-state index >= 15 is 0 Å². The highest BCUT2D eigenvalue weighted by Gasteiger charge is 2.16. The van der Waals surface area contributed by atoms with Crippen LogP contribution in [0, 0.1) is 0 Å². The number of carbonyl (C=O) groups is 1. The molecule has 1 aromatic heterocycles. The molecule has 0 unspecified atom stereocenters. The molecule has 150 valence electrons. The van der Waals surface area contributed by atoms with E-state index in [1.54, 1.807) is 14.0 Å². The van der Waals surface area contributed by atoms with Crippen molar-refractivity contribution in [1.82, 2.24) is 9.63 Å². The van der Waals surface area contributed by atoms with Gasteiger partial charge in [0.1, 0.15) is 12.5 Å². The lowest BCUT2D eigenvalue weighted by Crippen LogP contribution is -2.21. The summed E-state index contributed by atoms with van der Waals surface area (Å²) in [5.41, 5.74) is 1.07. The average molecular weight is 412 g/mol. The molecule has 0 radical (unpaired) electrons. The van der Waals surface area contributed by atoms with Gasteiger partial charge in [0.15, 0.2) is 5.78 Å². The molecule has 1 heterocycles. The largest absolute Gasteiger partial charge is 0.361 e. The summed E-state index contributed by atoms with van der Waals surface area (Å²) in [6, 6.07) is 2.91. The molecule has 0 aromatic carbocycles. The van der Waals surface area contributed by atoms with Crippen LogP contribution in [0.1, 0.15) is 12.5 Å². The topological polar surface area (TPSA) is 56.1 Å². The van der Waals surface area contributed by atoms with Crippen molar-refractivity contribution in [3.05, 3.63) is 35.7 Å². The number of rotatable bonds is 11. The highest BCUT2D eigenvalue weighted by Crippen LogP contribution is 2.33. The van der Waals surface area contributed by atoms with E-state index in [4.69, 9.17) is 21.2 Å². The van der Waals surface area contributed by atoms with Gasteiger partial charge in [0.2, 0.25) is 0 Å². The number of nitrogens with zero attached hydrogens (tertiary/aromatic N) is 3. The van der Waals surface area contributed by atoms with Crippen LogP contribution in [0.2, 0.25) is 25.7 Å². The first kappa shape index (κ1) is 23.4. The molecule has 0 saturated carbocycles. The number of hydrogen-bond acceptors (Lipinski definition) is 5. The number of hydrogen-bond donors (Lipinski definition) is 0. The SMILES string of the molecule is C=Nc1c(/C(Cl)=C(\C)C(=O)/C=C/N(C)OC)ccn1COCC[Si](C)(C)C. The number of ether oxygens (including phenoxy) is 1. The lowest BCUT2D eigenvalue weighted by molar-refractivity contribution is -0.111. The van der Waals surface area contributed by atoms with E-state index < -0.39 is 8.07 Å². The Bertz CT molecular complexity index is 720. The second-order valence-electron chi connectivity index (χ2n) is 7.38. The maximum Gasteiger partial charge on any atom is 0.184 e. The van der Waals surface area contributed by atoms with Crippen LogP contribution < -0.4 is 0 Å². The lowest BCUT2D eigenvalue weighted by Gasteiger charge is -2.16. The molecule has 0 atom stereocenters. The number of allylic oxidation sites excluding steroid dienone is 2. The van der Waals surface area contributed by atoms with Crippen LogP contribution in [-0.4, -0.2) is 51.0 Å². The molecule has 27 heavy (non-hydrogen) atoms. The van der Waals surface area contributed by atoms with Gasteiger partial charge in [0.05, 0.1) is 12.1 Å². The second-order valence-corrected chi connectivity index (χ2v) is 13.4. The van der Waals surface area contributed by atoms with Gasteiger partial charge < -0.3 is 9.30 Å². The Labute approximate surface area is 168 Å².